The van der Waals surface area contributed by atoms with Gasteiger partial charge in [-0.3, -0.25) is 4.79 Å². The fourth-order valence-corrected chi connectivity index (χ4v) is 3.47. The van der Waals surface area contributed by atoms with Crippen LogP contribution in [0.2, 0.25) is 0 Å². The second-order valence-electron chi connectivity index (χ2n) is 6.25. The number of carbonyl (C=O) groups excluding carboxylic acids is 1. The molecule has 1 fully saturated rings. The zero-order valence-electron chi connectivity index (χ0n) is 12.0. The second-order valence-corrected chi connectivity index (χ2v) is 6.25. The van der Waals surface area contributed by atoms with Crippen LogP contribution >= 0.6 is 0 Å². The normalized spacial score (nSPS) is 24.8. The van der Waals surface area contributed by atoms with Gasteiger partial charge in [0.05, 0.1) is 0 Å². The number of benzene rings is 2. The van der Waals surface area contributed by atoms with Gasteiger partial charge in [0.25, 0.3) is 0 Å². The van der Waals surface area contributed by atoms with E-state index in [1.807, 2.05) is 24.3 Å². The van der Waals surface area contributed by atoms with Crippen LogP contribution in [0.25, 0.3) is 0 Å². The monoisotopic (exact) mass is 264 g/mol. The summed E-state index contributed by atoms with van der Waals surface area (Å²) in [5.74, 6) is 0.718. The van der Waals surface area contributed by atoms with Crippen molar-refractivity contribution in [2.75, 3.05) is 0 Å². The molecular weight excluding hydrogens is 244 g/mol. The molecule has 0 unspecified atom stereocenters. The van der Waals surface area contributed by atoms with E-state index in [1.54, 1.807) is 0 Å². The lowest BCUT2D eigenvalue weighted by Gasteiger charge is -2.25. The van der Waals surface area contributed by atoms with E-state index in [2.05, 4.69) is 50.2 Å². The van der Waals surface area contributed by atoms with Crippen LogP contribution < -0.4 is 0 Å². The third-order valence-corrected chi connectivity index (χ3v) is 4.70. The molecule has 1 aliphatic carbocycles. The van der Waals surface area contributed by atoms with Gasteiger partial charge in [-0.25, -0.2) is 0 Å². The van der Waals surface area contributed by atoms with Gasteiger partial charge in [0.15, 0.2) is 0 Å². The molecule has 0 aliphatic heterocycles. The molecule has 2 atom stereocenters. The summed E-state index contributed by atoms with van der Waals surface area (Å²) >= 11 is 0. The first-order valence-electron chi connectivity index (χ1n) is 7.25. The molecule has 0 amide bonds. The zero-order chi connectivity index (χ0) is 14.2. The summed E-state index contributed by atoms with van der Waals surface area (Å²) in [7, 11) is 0. The molecule has 1 nitrogen and oxygen atoms in total. The molecule has 1 aliphatic rings. The highest BCUT2D eigenvalue weighted by atomic mass is 16.1. The number of hydrogen-bond acceptors (Lipinski definition) is 1. The highest BCUT2D eigenvalue weighted by Gasteiger charge is 2.48. The van der Waals surface area contributed by atoms with Crippen molar-refractivity contribution in [2.24, 2.45) is 5.41 Å². The molecule has 102 valence electrons. The predicted octanol–water partition coefficient (Wildman–Crippen LogP) is 4.55. The van der Waals surface area contributed by atoms with Crippen LogP contribution in [0.15, 0.2) is 60.7 Å². The van der Waals surface area contributed by atoms with E-state index in [0.29, 0.717) is 11.7 Å². The number of Topliss-reactive ketones (excluding diaryl/α,β-unsaturated/α-hetero) is 1. The Kier molecular flexibility index (Phi) is 3.21. The van der Waals surface area contributed by atoms with Crippen LogP contribution in [-0.4, -0.2) is 5.78 Å². The maximum Gasteiger partial charge on any atom is 0.146 e. The fourth-order valence-electron chi connectivity index (χ4n) is 3.47. The molecule has 0 saturated heterocycles. The van der Waals surface area contributed by atoms with Crippen molar-refractivity contribution in [3.05, 3.63) is 71.8 Å². The van der Waals surface area contributed by atoms with Crippen LogP contribution in [0.4, 0.5) is 0 Å². The van der Waals surface area contributed by atoms with Crippen molar-refractivity contribution in [3.8, 4) is 0 Å². The number of hydrogen-bond donors (Lipinski definition) is 0. The summed E-state index contributed by atoms with van der Waals surface area (Å²) in [6.07, 6.45) is 0.917. The summed E-state index contributed by atoms with van der Waals surface area (Å²) in [6, 6.07) is 20.6. The van der Waals surface area contributed by atoms with E-state index in [9.17, 15) is 4.79 Å². The van der Waals surface area contributed by atoms with Gasteiger partial charge >= 0.3 is 0 Å². The third kappa shape index (κ3) is 2.07. The van der Waals surface area contributed by atoms with Crippen LogP contribution in [0.1, 0.15) is 43.2 Å². The largest absolute Gasteiger partial charge is 0.298 e. The standard InChI is InChI=1S/C19H20O/c1-19(2)17(15-11-7-4-8-12-15)13-16(18(19)20)14-9-5-3-6-10-14/h3-12,16-17H,13H2,1-2H3/t16-,17-/m1/s1. The van der Waals surface area contributed by atoms with Crippen molar-refractivity contribution >= 4 is 5.78 Å². The van der Waals surface area contributed by atoms with E-state index in [-0.39, 0.29) is 11.3 Å². The van der Waals surface area contributed by atoms with Crippen molar-refractivity contribution < 1.29 is 4.79 Å². The molecular formula is C19H20O. The summed E-state index contributed by atoms with van der Waals surface area (Å²) in [4.78, 5) is 12.8. The highest BCUT2D eigenvalue weighted by molar-refractivity contribution is 5.94. The average Bonchev–Trinajstić information content (AvgIpc) is 2.72. The van der Waals surface area contributed by atoms with Gasteiger partial charge in [0.2, 0.25) is 0 Å². The Bertz CT molecular complexity index is 598. The van der Waals surface area contributed by atoms with E-state index < -0.39 is 0 Å². The lowest BCUT2D eigenvalue weighted by Crippen LogP contribution is -2.25. The fraction of sp³-hybridized carbons (Fsp3) is 0.316. The Labute approximate surface area is 120 Å². The van der Waals surface area contributed by atoms with Gasteiger partial charge < -0.3 is 0 Å². The molecule has 2 aromatic rings. The quantitative estimate of drug-likeness (QED) is 0.777. The first-order valence-corrected chi connectivity index (χ1v) is 7.25. The predicted molar refractivity (Wildman–Crippen MR) is 81.8 cm³/mol. The first kappa shape index (κ1) is 13.1. The first-order chi connectivity index (χ1) is 9.60. The molecule has 0 radical (unpaired) electrons. The minimum absolute atomic E-state index is 0.0383. The van der Waals surface area contributed by atoms with Crippen molar-refractivity contribution in [1.82, 2.24) is 0 Å². The van der Waals surface area contributed by atoms with Crippen molar-refractivity contribution in [3.63, 3.8) is 0 Å². The molecule has 0 heterocycles. The van der Waals surface area contributed by atoms with Crippen LogP contribution in [0, 0.1) is 5.41 Å². The molecule has 0 aromatic heterocycles. The van der Waals surface area contributed by atoms with Gasteiger partial charge in [-0.2, -0.15) is 0 Å². The summed E-state index contributed by atoms with van der Waals surface area (Å²) in [5.41, 5.74) is 2.15. The molecule has 0 bridgehead atoms. The Hall–Kier alpha value is -1.89. The SMILES string of the molecule is CC1(C)C(=O)[C@@H](c2ccccc2)C[C@@H]1c1ccccc1. The Morgan fingerprint density at radius 2 is 1.35 bits per heavy atom. The maximum absolute atomic E-state index is 12.8. The lowest BCUT2D eigenvalue weighted by atomic mass is 9.77. The number of carbonyl (C=O) groups is 1. The third-order valence-electron chi connectivity index (χ3n) is 4.70. The average molecular weight is 264 g/mol. The summed E-state index contributed by atoms with van der Waals surface area (Å²) in [5, 5.41) is 0. The van der Waals surface area contributed by atoms with Crippen LogP contribution in [0.3, 0.4) is 0 Å². The zero-order valence-corrected chi connectivity index (χ0v) is 12.0. The number of rotatable bonds is 2. The molecule has 20 heavy (non-hydrogen) atoms. The minimum Gasteiger partial charge on any atom is -0.298 e. The van der Waals surface area contributed by atoms with Crippen LogP contribution in [0.5, 0.6) is 0 Å². The number of ketones is 1. The smallest absolute Gasteiger partial charge is 0.146 e. The van der Waals surface area contributed by atoms with Crippen LogP contribution in [-0.2, 0) is 4.79 Å². The minimum atomic E-state index is -0.290. The lowest BCUT2D eigenvalue weighted by molar-refractivity contribution is -0.125. The van der Waals surface area contributed by atoms with Crippen molar-refractivity contribution in [1.29, 1.82) is 0 Å². The molecule has 0 spiro atoms. The molecule has 1 heteroatoms. The van der Waals surface area contributed by atoms with Gasteiger partial charge in [0, 0.05) is 11.3 Å². The van der Waals surface area contributed by atoms with Gasteiger partial charge in [0.1, 0.15) is 5.78 Å². The molecule has 3 rings (SSSR count). The topological polar surface area (TPSA) is 17.1 Å². The Balaban J connectivity index is 1.98. The van der Waals surface area contributed by atoms with Gasteiger partial charge in [-0.05, 0) is 23.5 Å². The Morgan fingerprint density at radius 3 is 1.90 bits per heavy atom. The second kappa shape index (κ2) is 4.90. The van der Waals surface area contributed by atoms with Gasteiger partial charge in [-0.15, -0.1) is 0 Å². The van der Waals surface area contributed by atoms with E-state index in [0.717, 1.165) is 12.0 Å². The Morgan fingerprint density at radius 1 is 0.850 bits per heavy atom. The summed E-state index contributed by atoms with van der Waals surface area (Å²) in [6.45, 7) is 4.19. The van der Waals surface area contributed by atoms with E-state index in [1.165, 1.54) is 5.56 Å². The molecule has 0 N–H and O–H groups in total. The van der Waals surface area contributed by atoms with E-state index in [4.69, 9.17) is 0 Å². The van der Waals surface area contributed by atoms with Crippen molar-refractivity contribution in [2.45, 2.75) is 32.1 Å². The highest BCUT2D eigenvalue weighted by Crippen LogP contribution is 2.52. The maximum atomic E-state index is 12.8. The summed E-state index contributed by atoms with van der Waals surface area (Å²) < 4.78 is 0. The van der Waals surface area contributed by atoms with Gasteiger partial charge in [-0.1, -0.05) is 74.5 Å². The molecule has 2 aromatic carbocycles. The molecule has 1 saturated carbocycles. The van der Waals surface area contributed by atoms with E-state index >= 15 is 0 Å².